The topological polar surface area (TPSA) is 69.6 Å². The Hall–Kier alpha value is -0.880. The van der Waals surface area contributed by atoms with Crippen molar-refractivity contribution in [3.05, 3.63) is 35.4 Å². The van der Waals surface area contributed by atoms with Crippen LogP contribution in [0.1, 0.15) is 21.3 Å². The summed E-state index contributed by atoms with van der Waals surface area (Å²) >= 11 is 1.59. The summed E-state index contributed by atoms with van der Waals surface area (Å²) in [6.45, 7) is -0.230. The van der Waals surface area contributed by atoms with E-state index in [2.05, 4.69) is 5.32 Å². The second kappa shape index (κ2) is 5.18. The van der Waals surface area contributed by atoms with Crippen LogP contribution < -0.4 is 5.32 Å². The van der Waals surface area contributed by atoms with E-state index in [1.54, 1.807) is 17.8 Å². The van der Waals surface area contributed by atoms with Crippen LogP contribution in [-0.2, 0) is 0 Å². The van der Waals surface area contributed by atoms with Gasteiger partial charge in [0, 0.05) is 11.3 Å². The van der Waals surface area contributed by atoms with Gasteiger partial charge in [0.25, 0.3) is 0 Å². The van der Waals surface area contributed by atoms with Gasteiger partial charge in [-0.25, -0.2) is 0 Å². The van der Waals surface area contributed by atoms with Gasteiger partial charge in [-0.3, -0.25) is 10.1 Å². The van der Waals surface area contributed by atoms with Crippen LogP contribution in [0.25, 0.3) is 0 Å². The minimum absolute atomic E-state index is 0.0595. The number of aliphatic hydroxyl groups excluding tert-OH is 2. The van der Waals surface area contributed by atoms with Crippen LogP contribution in [-0.4, -0.2) is 41.0 Å². The molecule has 0 aliphatic carbocycles. The van der Waals surface area contributed by atoms with Crippen molar-refractivity contribution in [1.82, 2.24) is 5.32 Å². The quantitative estimate of drug-likeness (QED) is 0.684. The third kappa shape index (κ3) is 2.37. The first-order chi connectivity index (χ1) is 8.24. The van der Waals surface area contributed by atoms with E-state index in [1.807, 2.05) is 18.2 Å². The molecule has 0 aromatic heterocycles. The van der Waals surface area contributed by atoms with E-state index in [0.29, 0.717) is 11.3 Å². The SMILES string of the molecule is O=Cc1ccccc1[C@H]1NC(CO)(CO)CS1. The molecule has 0 spiro atoms. The summed E-state index contributed by atoms with van der Waals surface area (Å²) in [5.74, 6) is 0.623. The van der Waals surface area contributed by atoms with E-state index in [4.69, 9.17) is 0 Å². The van der Waals surface area contributed by atoms with Gasteiger partial charge in [0.1, 0.15) is 6.29 Å². The number of aliphatic hydroxyl groups is 2. The van der Waals surface area contributed by atoms with E-state index in [-0.39, 0.29) is 18.6 Å². The van der Waals surface area contributed by atoms with Gasteiger partial charge in [-0.1, -0.05) is 24.3 Å². The molecule has 4 nitrogen and oxygen atoms in total. The fraction of sp³-hybridized carbons (Fsp3) is 0.417. The van der Waals surface area contributed by atoms with E-state index in [0.717, 1.165) is 11.8 Å². The molecule has 0 radical (unpaired) electrons. The van der Waals surface area contributed by atoms with Crippen LogP contribution in [0.4, 0.5) is 0 Å². The lowest BCUT2D eigenvalue weighted by molar-refractivity contribution is 0.110. The summed E-state index contributed by atoms with van der Waals surface area (Å²) < 4.78 is 0. The number of benzene rings is 1. The molecule has 0 saturated carbocycles. The Morgan fingerprint density at radius 2 is 2.12 bits per heavy atom. The minimum atomic E-state index is -0.647. The molecule has 1 aliphatic heterocycles. The fourth-order valence-electron chi connectivity index (χ4n) is 1.86. The second-order valence-electron chi connectivity index (χ2n) is 4.18. The average molecular weight is 253 g/mol. The number of hydrogen-bond acceptors (Lipinski definition) is 5. The van der Waals surface area contributed by atoms with E-state index in [1.165, 1.54) is 0 Å². The monoisotopic (exact) mass is 253 g/mol. The Morgan fingerprint density at radius 1 is 1.41 bits per heavy atom. The number of nitrogens with one attached hydrogen (secondary N) is 1. The summed E-state index contributed by atoms with van der Waals surface area (Å²) in [5, 5.41) is 21.7. The lowest BCUT2D eigenvalue weighted by atomic mass is 10.0. The molecule has 1 aliphatic rings. The highest BCUT2D eigenvalue weighted by Crippen LogP contribution is 2.38. The number of hydrogen-bond donors (Lipinski definition) is 3. The largest absolute Gasteiger partial charge is 0.394 e. The lowest BCUT2D eigenvalue weighted by Crippen LogP contribution is -2.49. The highest BCUT2D eigenvalue weighted by Gasteiger charge is 2.39. The molecule has 17 heavy (non-hydrogen) atoms. The lowest BCUT2D eigenvalue weighted by Gasteiger charge is -2.25. The Bertz CT molecular complexity index is 406. The maximum atomic E-state index is 10.9. The molecule has 1 aromatic rings. The molecule has 0 unspecified atom stereocenters. The Balaban J connectivity index is 2.23. The second-order valence-corrected chi connectivity index (χ2v) is 5.27. The number of carbonyl (C=O) groups excluding carboxylic acids is 1. The van der Waals surface area contributed by atoms with Gasteiger partial charge < -0.3 is 10.2 Å². The Morgan fingerprint density at radius 3 is 2.71 bits per heavy atom. The van der Waals surface area contributed by atoms with Gasteiger partial charge in [0.2, 0.25) is 0 Å². The van der Waals surface area contributed by atoms with Crippen LogP contribution in [0.5, 0.6) is 0 Å². The van der Waals surface area contributed by atoms with Crippen molar-refractivity contribution in [2.24, 2.45) is 0 Å². The maximum Gasteiger partial charge on any atom is 0.150 e. The van der Waals surface area contributed by atoms with Crippen LogP contribution in [0.3, 0.4) is 0 Å². The Kier molecular flexibility index (Phi) is 3.83. The molecular formula is C12H15NO3S. The molecule has 1 heterocycles. The minimum Gasteiger partial charge on any atom is -0.394 e. The van der Waals surface area contributed by atoms with Crippen LogP contribution in [0.15, 0.2) is 24.3 Å². The summed E-state index contributed by atoms with van der Waals surface area (Å²) in [5.41, 5.74) is 0.895. The van der Waals surface area contributed by atoms with Crippen LogP contribution in [0, 0.1) is 0 Å². The predicted molar refractivity (Wildman–Crippen MR) is 67.1 cm³/mol. The zero-order valence-corrected chi connectivity index (χ0v) is 10.1. The first-order valence-electron chi connectivity index (χ1n) is 5.40. The normalized spacial score (nSPS) is 22.6. The zero-order valence-electron chi connectivity index (χ0n) is 9.30. The van der Waals surface area contributed by atoms with Gasteiger partial charge in [-0.05, 0) is 5.56 Å². The summed E-state index contributed by atoms with van der Waals surface area (Å²) in [7, 11) is 0. The molecule has 92 valence electrons. The Labute approximate surface area is 104 Å². The van der Waals surface area contributed by atoms with Crippen molar-refractivity contribution in [2.75, 3.05) is 19.0 Å². The van der Waals surface area contributed by atoms with Gasteiger partial charge >= 0.3 is 0 Å². The van der Waals surface area contributed by atoms with Gasteiger partial charge in [0.05, 0.1) is 24.1 Å². The van der Waals surface area contributed by atoms with Crippen molar-refractivity contribution < 1.29 is 15.0 Å². The smallest absolute Gasteiger partial charge is 0.150 e. The van der Waals surface area contributed by atoms with Crippen molar-refractivity contribution >= 4 is 18.0 Å². The fourth-order valence-corrected chi connectivity index (χ4v) is 3.34. The number of aldehydes is 1. The molecular weight excluding hydrogens is 238 g/mol. The molecule has 2 rings (SSSR count). The molecule has 0 amide bonds. The molecule has 1 aromatic carbocycles. The van der Waals surface area contributed by atoms with E-state index in [9.17, 15) is 15.0 Å². The summed E-state index contributed by atoms with van der Waals surface area (Å²) in [4.78, 5) is 10.9. The van der Waals surface area contributed by atoms with Crippen LogP contribution >= 0.6 is 11.8 Å². The van der Waals surface area contributed by atoms with Gasteiger partial charge in [-0.15, -0.1) is 11.8 Å². The highest BCUT2D eigenvalue weighted by atomic mass is 32.2. The predicted octanol–water partition coefficient (Wildman–Crippen LogP) is 0.557. The van der Waals surface area contributed by atoms with Crippen molar-refractivity contribution in [3.8, 4) is 0 Å². The molecule has 1 saturated heterocycles. The average Bonchev–Trinajstić information content (AvgIpc) is 2.83. The molecule has 0 bridgehead atoms. The molecule has 5 heteroatoms. The van der Waals surface area contributed by atoms with Crippen LogP contribution in [0.2, 0.25) is 0 Å². The number of carbonyl (C=O) groups is 1. The molecule has 1 fully saturated rings. The van der Waals surface area contributed by atoms with Gasteiger partial charge in [-0.2, -0.15) is 0 Å². The summed E-state index contributed by atoms with van der Waals surface area (Å²) in [6.07, 6.45) is 0.829. The summed E-state index contributed by atoms with van der Waals surface area (Å²) in [6, 6.07) is 7.35. The third-order valence-electron chi connectivity index (χ3n) is 2.97. The van der Waals surface area contributed by atoms with Crippen molar-refractivity contribution in [2.45, 2.75) is 10.9 Å². The van der Waals surface area contributed by atoms with Gasteiger partial charge in [0.15, 0.2) is 0 Å². The van der Waals surface area contributed by atoms with Crippen molar-refractivity contribution in [3.63, 3.8) is 0 Å². The third-order valence-corrected chi connectivity index (χ3v) is 4.40. The first kappa shape index (κ1) is 12.6. The molecule has 1 atom stereocenters. The maximum absolute atomic E-state index is 10.9. The zero-order chi connectivity index (χ0) is 12.3. The number of rotatable bonds is 4. The first-order valence-corrected chi connectivity index (χ1v) is 6.45. The van der Waals surface area contributed by atoms with Crippen molar-refractivity contribution in [1.29, 1.82) is 0 Å². The van der Waals surface area contributed by atoms with E-state index < -0.39 is 5.54 Å². The highest BCUT2D eigenvalue weighted by molar-refractivity contribution is 7.99. The molecule has 3 N–H and O–H groups in total. The van der Waals surface area contributed by atoms with E-state index >= 15 is 0 Å². The standard InChI is InChI=1S/C12H15NO3S/c14-5-9-3-1-2-4-10(9)11-13-12(6-15,7-16)8-17-11/h1-5,11,13,15-16H,6-8H2/t11-/m0/s1. The number of thioether (sulfide) groups is 1.